The largest absolute Gasteiger partial charge is 0.340 e. The second kappa shape index (κ2) is 4.36. The van der Waals surface area contributed by atoms with Crippen molar-refractivity contribution in [3.05, 3.63) is 0 Å². The molecule has 0 radical (unpaired) electrons. The standard InChI is InChI=1S/C13H24N2O/c1-10-9-15(8-7-14-10)12(16)11-5-4-6-13(11,2)3/h10-11,14H,4-9H2,1-3H3. The zero-order valence-corrected chi connectivity index (χ0v) is 10.8. The maximum absolute atomic E-state index is 12.5. The van der Waals surface area contributed by atoms with Gasteiger partial charge >= 0.3 is 0 Å². The first kappa shape index (κ1) is 11.9. The molecule has 1 aliphatic heterocycles. The van der Waals surface area contributed by atoms with Gasteiger partial charge in [0.25, 0.3) is 0 Å². The van der Waals surface area contributed by atoms with Gasteiger partial charge in [-0.3, -0.25) is 4.79 Å². The lowest BCUT2D eigenvalue weighted by Crippen LogP contribution is -2.53. The summed E-state index contributed by atoms with van der Waals surface area (Å²) in [7, 11) is 0. The normalized spacial score (nSPS) is 34.1. The molecule has 1 heterocycles. The van der Waals surface area contributed by atoms with Gasteiger partial charge in [-0.05, 0) is 25.2 Å². The lowest BCUT2D eigenvalue weighted by Gasteiger charge is -2.36. The molecule has 0 aromatic carbocycles. The van der Waals surface area contributed by atoms with Crippen LogP contribution < -0.4 is 5.32 Å². The predicted octanol–water partition coefficient (Wildman–Crippen LogP) is 1.63. The number of carbonyl (C=O) groups is 1. The number of hydrogen-bond acceptors (Lipinski definition) is 2. The van der Waals surface area contributed by atoms with E-state index in [0.29, 0.717) is 11.9 Å². The van der Waals surface area contributed by atoms with Crippen molar-refractivity contribution in [3.63, 3.8) is 0 Å². The minimum Gasteiger partial charge on any atom is -0.340 e. The third-order valence-corrected chi connectivity index (χ3v) is 4.24. The second-order valence-electron chi connectivity index (χ2n) is 6.07. The van der Waals surface area contributed by atoms with Gasteiger partial charge in [0.15, 0.2) is 0 Å². The Morgan fingerprint density at radius 3 is 2.75 bits per heavy atom. The van der Waals surface area contributed by atoms with E-state index >= 15 is 0 Å². The number of piperazine rings is 1. The fourth-order valence-electron chi connectivity index (χ4n) is 3.14. The van der Waals surface area contributed by atoms with Crippen LogP contribution in [0.5, 0.6) is 0 Å². The molecular formula is C13H24N2O. The molecule has 2 aliphatic rings. The molecule has 0 bridgehead atoms. The minimum absolute atomic E-state index is 0.213. The fourth-order valence-corrected chi connectivity index (χ4v) is 3.14. The van der Waals surface area contributed by atoms with E-state index in [2.05, 4.69) is 31.0 Å². The number of nitrogens with zero attached hydrogens (tertiary/aromatic N) is 1. The summed E-state index contributed by atoms with van der Waals surface area (Å²) in [5, 5.41) is 3.38. The summed E-state index contributed by atoms with van der Waals surface area (Å²) >= 11 is 0. The van der Waals surface area contributed by atoms with Crippen LogP contribution in [0.25, 0.3) is 0 Å². The van der Waals surface area contributed by atoms with Crippen LogP contribution in [-0.2, 0) is 4.79 Å². The van der Waals surface area contributed by atoms with Gasteiger partial charge in [0.2, 0.25) is 5.91 Å². The van der Waals surface area contributed by atoms with Gasteiger partial charge in [-0.15, -0.1) is 0 Å². The Balaban J connectivity index is 2.01. The van der Waals surface area contributed by atoms with E-state index in [1.807, 2.05) is 0 Å². The van der Waals surface area contributed by atoms with Gasteiger partial charge in [0.1, 0.15) is 0 Å². The van der Waals surface area contributed by atoms with E-state index < -0.39 is 0 Å². The molecule has 1 aliphatic carbocycles. The van der Waals surface area contributed by atoms with Crippen LogP contribution in [0.2, 0.25) is 0 Å². The zero-order valence-electron chi connectivity index (χ0n) is 10.8. The molecule has 1 saturated heterocycles. The Hall–Kier alpha value is -0.570. The van der Waals surface area contributed by atoms with Crippen LogP contribution in [-0.4, -0.2) is 36.5 Å². The van der Waals surface area contributed by atoms with E-state index in [1.54, 1.807) is 0 Å². The second-order valence-corrected chi connectivity index (χ2v) is 6.07. The highest BCUT2D eigenvalue weighted by Crippen LogP contribution is 2.43. The Bertz CT molecular complexity index is 275. The van der Waals surface area contributed by atoms with E-state index in [9.17, 15) is 4.79 Å². The summed E-state index contributed by atoms with van der Waals surface area (Å²) < 4.78 is 0. The average Bonchev–Trinajstić information content (AvgIpc) is 2.57. The Kier molecular flexibility index (Phi) is 3.24. The zero-order chi connectivity index (χ0) is 11.8. The molecule has 1 N–H and O–H groups in total. The number of rotatable bonds is 1. The first-order valence-electron chi connectivity index (χ1n) is 6.53. The van der Waals surface area contributed by atoms with Crippen molar-refractivity contribution in [1.82, 2.24) is 10.2 Å². The lowest BCUT2D eigenvalue weighted by atomic mass is 9.81. The van der Waals surface area contributed by atoms with Crippen LogP contribution in [0.1, 0.15) is 40.0 Å². The number of amides is 1. The highest BCUT2D eigenvalue weighted by Gasteiger charge is 2.41. The van der Waals surface area contributed by atoms with Crippen molar-refractivity contribution in [2.24, 2.45) is 11.3 Å². The molecule has 1 amide bonds. The molecule has 2 atom stereocenters. The van der Waals surface area contributed by atoms with E-state index in [1.165, 1.54) is 12.8 Å². The monoisotopic (exact) mass is 224 g/mol. The number of carbonyl (C=O) groups excluding carboxylic acids is 1. The minimum atomic E-state index is 0.213. The molecule has 16 heavy (non-hydrogen) atoms. The topological polar surface area (TPSA) is 32.3 Å². The molecule has 1 saturated carbocycles. The van der Waals surface area contributed by atoms with Gasteiger partial charge in [-0.1, -0.05) is 20.3 Å². The van der Waals surface area contributed by atoms with E-state index in [4.69, 9.17) is 0 Å². The average molecular weight is 224 g/mol. The molecule has 0 aromatic rings. The van der Waals surface area contributed by atoms with Crippen molar-refractivity contribution in [3.8, 4) is 0 Å². The van der Waals surface area contributed by atoms with E-state index in [0.717, 1.165) is 26.1 Å². The Morgan fingerprint density at radius 1 is 1.44 bits per heavy atom. The van der Waals surface area contributed by atoms with Crippen LogP contribution in [0, 0.1) is 11.3 Å². The first-order valence-corrected chi connectivity index (χ1v) is 6.53. The molecule has 3 nitrogen and oxygen atoms in total. The summed E-state index contributed by atoms with van der Waals surface area (Å²) in [5.41, 5.74) is 0.213. The lowest BCUT2D eigenvalue weighted by molar-refractivity contribution is -0.139. The Morgan fingerprint density at radius 2 is 2.19 bits per heavy atom. The van der Waals surface area contributed by atoms with Crippen molar-refractivity contribution < 1.29 is 4.79 Å². The third-order valence-electron chi connectivity index (χ3n) is 4.24. The highest BCUT2D eigenvalue weighted by atomic mass is 16.2. The van der Waals surface area contributed by atoms with Crippen molar-refractivity contribution in [1.29, 1.82) is 0 Å². The molecule has 0 spiro atoms. The summed E-state index contributed by atoms with van der Waals surface area (Å²) in [6, 6.07) is 0.446. The molecule has 2 fully saturated rings. The van der Waals surface area contributed by atoms with Gasteiger partial charge in [0, 0.05) is 31.6 Å². The van der Waals surface area contributed by atoms with E-state index in [-0.39, 0.29) is 11.3 Å². The van der Waals surface area contributed by atoms with Gasteiger partial charge in [-0.2, -0.15) is 0 Å². The maximum atomic E-state index is 12.5. The van der Waals surface area contributed by atoms with Crippen molar-refractivity contribution >= 4 is 5.91 Å². The van der Waals surface area contributed by atoms with Crippen LogP contribution in [0.3, 0.4) is 0 Å². The summed E-state index contributed by atoms with van der Waals surface area (Å²) in [4.78, 5) is 14.5. The van der Waals surface area contributed by atoms with Crippen molar-refractivity contribution in [2.75, 3.05) is 19.6 Å². The molecule has 0 aromatic heterocycles. The SMILES string of the molecule is CC1CN(C(=O)C2CCCC2(C)C)CCN1. The Labute approximate surface area is 98.6 Å². The molecule has 92 valence electrons. The summed E-state index contributed by atoms with van der Waals surface area (Å²) in [6.07, 6.45) is 3.50. The molecule has 2 rings (SSSR count). The quantitative estimate of drug-likeness (QED) is 0.734. The van der Waals surface area contributed by atoms with Crippen molar-refractivity contribution in [2.45, 2.75) is 46.1 Å². The molecular weight excluding hydrogens is 200 g/mol. The van der Waals surface area contributed by atoms with Gasteiger partial charge < -0.3 is 10.2 Å². The number of hydrogen-bond donors (Lipinski definition) is 1. The highest BCUT2D eigenvalue weighted by molar-refractivity contribution is 5.80. The summed E-state index contributed by atoms with van der Waals surface area (Å²) in [6.45, 7) is 9.35. The third kappa shape index (κ3) is 2.24. The smallest absolute Gasteiger partial charge is 0.226 e. The maximum Gasteiger partial charge on any atom is 0.226 e. The van der Waals surface area contributed by atoms with Gasteiger partial charge in [0.05, 0.1) is 0 Å². The van der Waals surface area contributed by atoms with Crippen LogP contribution in [0.15, 0.2) is 0 Å². The van der Waals surface area contributed by atoms with Crippen LogP contribution >= 0.6 is 0 Å². The number of nitrogens with one attached hydrogen (secondary N) is 1. The predicted molar refractivity (Wildman–Crippen MR) is 65.2 cm³/mol. The van der Waals surface area contributed by atoms with Gasteiger partial charge in [-0.25, -0.2) is 0 Å². The first-order chi connectivity index (χ1) is 7.50. The fraction of sp³-hybridized carbons (Fsp3) is 0.923. The molecule has 3 heteroatoms. The van der Waals surface area contributed by atoms with Crippen LogP contribution in [0.4, 0.5) is 0 Å². The molecule has 2 unspecified atom stereocenters. The summed E-state index contributed by atoms with van der Waals surface area (Å²) in [5.74, 6) is 0.661.